The monoisotopic (exact) mass is 338 g/mol. The van der Waals surface area contributed by atoms with Gasteiger partial charge in [-0.1, -0.05) is 19.9 Å². The van der Waals surface area contributed by atoms with E-state index < -0.39 is 17.4 Å². The standard InChI is InChI=1S/C16H22N2O4S/c1-10(2)12(17-13(19)11-5-4-8-23-11)14(20)18-7-6-16(3,9-18)15(21)22/h4-5,8,10,12H,6-7,9H2,1-3H3,(H,17,19)(H,21,22). The molecule has 0 spiro atoms. The molecule has 23 heavy (non-hydrogen) atoms. The van der Waals surface area contributed by atoms with Crippen LogP contribution in [-0.2, 0) is 9.59 Å². The molecule has 0 radical (unpaired) electrons. The fourth-order valence-corrected chi connectivity index (χ4v) is 3.28. The Hall–Kier alpha value is -1.89. The highest BCUT2D eigenvalue weighted by Crippen LogP contribution is 2.30. The van der Waals surface area contributed by atoms with Crippen LogP contribution in [0.5, 0.6) is 0 Å². The van der Waals surface area contributed by atoms with Gasteiger partial charge in [0.15, 0.2) is 0 Å². The van der Waals surface area contributed by atoms with Gasteiger partial charge in [0.2, 0.25) is 5.91 Å². The highest BCUT2D eigenvalue weighted by molar-refractivity contribution is 7.12. The molecule has 1 aliphatic rings. The van der Waals surface area contributed by atoms with Crippen LogP contribution in [0.25, 0.3) is 0 Å². The van der Waals surface area contributed by atoms with Gasteiger partial charge in [0.05, 0.1) is 10.3 Å². The lowest BCUT2D eigenvalue weighted by molar-refractivity contribution is -0.147. The normalized spacial score (nSPS) is 22.2. The molecular formula is C16H22N2O4S. The van der Waals surface area contributed by atoms with Crippen LogP contribution >= 0.6 is 11.3 Å². The lowest BCUT2D eigenvalue weighted by Gasteiger charge is -2.27. The van der Waals surface area contributed by atoms with Crippen molar-refractivity contribution in [3.8, 4) is 0 Å². The summed E-state index contributed by atoms with van der Waals surface area (Å²) < 4.78 is 0. The number of rotatable bonds is 5. The third kappa shape index (κ3) is 3.72. The molecule has 6 nitrogen and oxygen atoms in total. The molecule has 7 heteroatoms. The molecule has 0 aromatic carbocycles. The molecule has 2 rings (SSSR count). The van der Waals surface area contributed by atoms with Gasteiger partial charge in [-0.15, -0.1) is 11.3 Å². The first kappa shape index (κ1) is 17.5. The second-order valence-electron chi connectivity index (χ2n) is 6.55. The first-order chi connectivity index (χ1) is 10.7. The summed E-state index contributed by atoms with van der Waals surface area (Å²) in [5.41, 5.74) is -0.908. The van der Waals surface area contributed by atoms with Crippen LogP contribution in [0, 0.1) is 11.3 Å². The number of likely N-dealkylation sites (tertiary alicyclic amines) is 1. The van der Waals surface area contributed by atoms with Gasteiger partial charge in [0.25, 0.3) is 5.91 Å². The number of carbonyl (C=O) groups excluding carboxylic acids is 2. The van der Waals surface area contributed by atoms with Crippen LogP contribution < -0.4 is 5.32 Å². The highest BCUT2D eigenvalue weighted by atomic mass is 32.1. The minimum absolute atomic E-state index is 0.0805. The van der Waals surface area contributed by atoms with Crippen molar-refractivity contribution in [2.45, 2.75) is 33.2 Å². The van der Waals surface area contributed by atoms with E-state index in [1.165, 1.54) is 11.3 Å². The number of nitrogens with zero attached hydrogens (tertiary/aromatic N) is 1. The van der Waals surface area contributed by atoms with E-state index in [1.807, 2.05) is 13.8 Å². The summed E-state index contributed by atoms with van der Waals surface area (Å²) in [6.45, 7) is 5.96. The van der Waals surface area contributed by atoms with E-state index in [9.17, 15) is 19.5 Å². The number of thiophene rings is 1. The number of hydrogen-bond acceptors (Lipinski definition) is 4. The van der Waals surface area contributed by atoms with E-state index in [4.69, 9.17) is 0 Å². The smallest absolute Gasteiger partial charge is 0.311 e. The van der Waals surface area contributed by atoms with Gasteiger partial charge < -0.3 is 15.3 Å². The van der Waals surface area contributed by atoms with Crippen molar-refractivity contribution in [3.63, 3.8) is 0 Å². The summed E-state index contributed by atoms with van der Waals surface area (Å²) in [5, 5.41) is 13.9. The van der Waals surface area contributed by atoms with Gasteiger partial charge in [-0.05, 0) is 30.7 Å². The second kappa shape index (κ2) is 6.70. The number of carbonyl (C=O) groups is 3. The van der Waals surface area contributed by atoms with Gasteiger partial charge in [-0.2, -0.15) is 0 Å². The van der Waals surface area contributed by atoms with Gasteiger partial charge in [-0.25, -0.2) is 0 Å². The molecule has 1 aromatic rings. The van der Waals surface area contributed by atoms with Crippen molar-refractivity contribution in [3.05, 3.63) is 22.4 Å². The van der Waals surface area contributed by atoms with Crippen LogP contribution in [0.15, 0.2) is 17.5 Å². The molecule has 1 fully saturated rings. The predicted molar refractivity (Wildman–Crippen MR) is 87.4 cm³/mol. The SMILES string of the molecule is CC(C)C(NC(=O)c1cccs1)C(=O)N1CCC(C)(C(=O)O)C1. The Morgan fingerprint density at radius 2 is 2.09 bits per heavy atom. The van der Waals surface area contributed by atoms with Gasteiger partial charge in [0, 0.05) is 13.1 Å². The van der Waals surface area contributed by atoms with E-state index in [1.54, 1.807) is 29.3 Å². The van der Waals surface area contributed by atoms with Crippen LogP contribution in [0.2, 0.25) is 0 Å². The van der Waals surface area contributed by atoms with Crippen molar-refractivity contribution in [2.75, 3.05) is 13.1 Å². The average Bonchev–Trinajstić information content (AvgIpc) is 3.13. The topological polar surface area (TPSA) is 86.7 Å². The van der Waals surface area contributed by atoms with E-state index in [-0.39, 0.29) is 24.3 Å². The average molecular weight is 338 g/mol. The largest absolute Gasteiger partial charge is 0.481 e. The van der Waals surface area contributed by atoms with Crippen molar-refractivity contribution in [1.82, 2.24) is 10.2 Å². The van der Waals surface area contributed by atoms with Crippen LogP contribution in [-0.4, -0.2) is 46.9 Å². The van der Waals surface area contributed by atoms with Crippen molar-refractivity contribution in [2.24, 2.45) is 11.3 Å². The summed E-state index contributed by atoms with van der Waals surface area (Å²) in [5.74, 6) is -1.46. The van der Waals surface area contributed by atoms with Crippen LogP contribution in [0.4, 0.5) is 0 Å². The van der Waals surface area contributed by atoms with Gasteiger partial charge in [0.1, 0.15) is 6.04 Å². The number of aliphatic carboxylic acids is 1. The molecule has 1 saturated heterocycles. The lowest BCUT2D eigenvalue weighted by atomic mass is 9.90. The molecular weight excluding hydrogens is 316 g/mol. The Morgan fingerprint density at radius 3 is 2.57 bits per heavy atom. The zero-order valence-corrected chi connectivity index (χ0v) is 14.4. The highest BCUT2D eigenvalue weighted by Gasteiger charge is 2.44. The molecule has 2 unspecified atom stereocenters. The van der Waals surface area contributed by atoms with Crippen LogP contribution in [0.3, 0.4) is 0 Å². The first-order valence-corrected chi connectivity index (χ1v) is 8.49. The lowest BCUT2D eigenvalue weighted by Crippen LogP contribution is -2.51. The summed E-state index contributed by atoms with van der Waals surface area (Å²) in [6, 6.07) is 2.84. The summed E-state index contributed by atoms with van der Waals surface area (Å²) >= 11 is 1.32. The molecule has 0 bridgehead atoms. The Bertz CT molecular complexity index is 599. The molecule has 2 atom stereocenters. The second-order valence-corrected chi connectivity index (χ2v) is 7.50. The van der Waals surface area contributed by atoms with Gasteiger partial charge >= 0.3 is 5.97 Å². The number of nitrogens with one attached hydrogen (secondary N) is 1. The Labute approximate surface area is 139 Å². The zero-order valence-electron chi connectivity index (χ0n) is 13.5. The third-order valence-corrected chi connectivity index (χ3v) is 5.13. The number of carboxylic acid groups (broad SMARTS) is 1. The minimum atomic E-state index is -0.908. The van der Waals surface area contributed by atoms with E-state index in [0.29, 0.717) is 17.8 Å². The molecule has 1 aliphatic heterocycles. The fourth-order valence-electron chi connectivity index (χ4n) is 2.65. The molecule has 2 heterocycles. The van der Waals surface area contributed by atoms with Crippen molar-refractivity contribution < 1.29 is 19.5 Å². The molecule has 0 saturated carbocycles. The zero-order chi connectivity index (χ0) is 17.2. The van der Waals surface area contributed by atoms with E-state index in [0.717, 1.165) is 0 Å². The Balaban J connectivity index is 2.08. The summed E-state index contributed by atoms with van der Waals surface area (Å²) in [4.78, 5) is 38.4. The van der Waals surface area contributed by atoms with E-state index >= 15 is 0 Å². The Morgan fingerprint density at radius 1 is 1.39 bits per heavy atom. The van der Waals surface area contributed by atoms with E-state index in [2.05, 4.69) is 5.32 Å². The van der Waals surface area contributed by atoms with Crippen molar-refractivity contribution >= 4 is 29.1 Å². The first-order valence-electron chi connectivity index (χ1n) is 7.61. The number of hydrogen-bond donors (Lipinski definition) is 2. The number of amides is 2. The quantitative estimate of drug-likeness (QED) is 0.857. The number of carboxylic acids is 1. The van der Waals surface area contributed by atoms with Crippen LogP contribution in [0.1, 0.15) is 36.9 Å². The third-order valence-electron chi connectivity index (χ3n) is 4.27. The molecule has 0 aliphatic carbocycles. The molecule has 1 aromatic heterocycles. The molecule has 126 valence electrons. The maximum atomic E-state index is 12.7. The summed E-state index contributed by atoms with van der Waals surface area (Å²) in [6.07, 6.45) is 0.428. The van der Waals surface area contributed by atoms with Gasteiger partial charge in [-0.3, -0.25) is 14.4 Å². The maximum Gasteiger partial charge on any atom is 0.311 e. The minimum Gasteiger partial charge on any atom is -0.481 e. The van der Waals surface area contributed by atoms with Crippen molar-refractivity contribution in [1.29, 1.82) is 0 Å². The summed E-state index contributed by atoms with van der Waals surface area (Å²) in [7, 11) is 0. The molecule has 2 amide bonds. The fraction of sp³-hybridized carbons (Fsp3) is 0.562. The Kier molecular flexibility index (Phi) is 5.09. The molecule has 2 N–H and O–H groups in total. The maximum absolute atomic E-state index is 12.7. The predicted octanol–water partition coefficient (Wildman–Crippen LogP) is 1.83.